The number of carbonyl (C=O) groups excluding carboxylic acids is 1. The van der Waals surface area contributed by atoms with Crippen molar-refractivity contribution in [1.29, 1.82) is 0 Å². The molecule has 1 aromatic carbocycles. The molecule has 0 aliphatic heterocycles. The molecular weight excluding hydrogens is 194 g/mol. The van der Waals surface area contributed by atoms with Gasteiger partial charge in [-0.25, -0.2) is 0 Å². The first-order chi connectivity index (χ1) is 6.53. The molecule has 0 aliphatic carbocycles. The first kappa shape index (κ1) is 11.1. The van der Waals surface area contributed by atoms with Gasteiger partial charge in [0.15, 0.2) is 0 Å². The molecule has 0 aromatic heterocycles. The van der Waals surface area contributed by atoms with Crippen molar-refractivity contribution in [2.45, 2.75) is 30.4 Å². The van der Waals surface area contributed by atoms with E-state index in [2.05, 4.69) is 26.1 Å². The summed E-state index contributed by atoms with van der Waals surface area (Å²) in [5.41, 5.74) is 0.877. The van der Waals surface area contributed by atoms with Crippen molar-refractivity contribution in [2.24, 2.45) is 0 Å². The Hall–Kier alpha value is -0.960. The van der Waals surface area contributed by atoms with Crippen LogP contribution in [0.25, 0.3) is 0 Å². The molecule has 0 saturated heterocycles. The fourth-order valence-electron chi connectivity index (χ4n) is 1.07. The summed E-state index contributed by atoms with van der Waals surface area (Å²) >= 11 is 1.75. The lowest BCUT2D eigenvalue weighted by molar-refractivity contribution is -0.105. The first-order valence-corrected chi connectivity index (χ1v) is 5.33. The molecule has 0 saturated carbocycles. The van der Waals surface area contributed by atoms with Gasteiger partial charge in [0.05, 0.1) is 5.69 Å². The number of para-hydroxylation sites is 1. The van der Waals surface area contributed by atoms with Crippen molar-refractivity contribution in [3.05, 3.63) is 24.3 Å². The Morgan fingerprint density at radius 3 is 2.50 bits per heavy atom. The largest absolute Gasteiger partial charge is 0.328 e. The Labute approximate surface area is 89.1 Å². The molecule has 76 valence electrons. The number of amides is 1. The highest BCUT2D eigenvalue weighted by molar-refractivity contribution is 8.00. The second kappa shape index (κ2) is 4.51. The van der Waals surface area contributed by atoms with Gasteiger partial charge in [-0.2, -0.15) is 0 Å². The zero-order valence-corrected chi connectivity index (χ0v) is 9.52. The minimum absolute atomic E-state index is 0.153. The van der Waals surface area contributed by atoms with E-state index in [-0.39, 0.29) is 4.75 Å². The van der Waals surface area contributed by atoms with E-state index in [1.54, 1.807) is 11.8 Å². The van der Waals surface area contributed by atoms with Gasteiger partial charge in [0.2, 0.25) is 6.41 Å². The lowest BCUT2D eigenvalue weighted by atomic mass is 10.3. The second-order valence-electron chi connectivity index (χ2n) is 3.97. The van der Waals surface area contributed by atoms with Crippen LogP contribution < -0.4 is 5.32 Å². The number of benzene rings is 1. The van der Waals surface area contributed by atoms with Gasteiger partial charge in [0.25, 0.3) is 0 Å². The molecular formula is C11H15NOS. The van der Waals surface area contributed by atoms with Crippen LogP contribution in [0.2, 0.25) is 0 Å². The molecule has 1 N–H and O–H groups in total. The van der Waals surface area contributed by atoms with Gasteiger partial charge >= 0.3 is 0 Å². The van der Waals surface area contributed by atoms with Crippen molar-refractivity contribution in [2.75, 3.05) is 5.32 Å². The Morgan fingerprint density at radius 1 is 1.29 bits per heavy atom. The highest BCUT2D eigenvalue weighted by atomic mass is 32.2. The van der Waals surface area contributed by atoms with Crippen molar-refractivity contribution < 1.29 is 4.79 Å². The zero-order valence-electron chi connectivity index (χ0n) is 8.70. The van der Waals surface area contributed by atoms with E-state index in [9.17, 15) is 4.79 Å². The predicted molar refractivity (Wildman–Crippen MR) is 61.7 cm³/mol. The van der Waals surface area contributed by atoms with Gasteiger partial charge in [-0.05, 0) is 12.1 Å². The maximum absolute atomic E-state index is 10.4. The summed E-state index contributed by atoms with van der Waals surface area (Å²) in [5.74, 6) is 0. The van der Waals surface area contributed by atoms with E-state index < -0.39 is 0 Å². The molecule has 0 aliphatic rings. The number of rotatable bonds is 3. The van der Waals surface area contributed by atoms with Crippen LogP contribution in [-0.4, -0.2) is 11.2 Å². The molecule has 0 spiro atoms. The second-order valence-corrected chi connectivity index (χ2v) is 5.84. The minimum Gasteiger partial charge on any atom is -0.328 e. The van der Waals surface area contributed by atoms with Crippen molar-refractivity contribution in [1.82, 2.24) is 0 Å². The van der Waals surface area contributed by atoms with Crippen molar-refractivity contribution in [3.8, 4) is 0 Å². The lowest BCUT2D eigenvalue weighted by Gasteiger charge is -2.19. The molecule has 2 nitrogen and oxygen atoms in total. The van der Waals surface area contributed by atoms with E-state index in [1.165, 1.54) is 0 Å². The quantitative estimate of drug-likeness (QED) is 0.612. The molecule has 14 heavy (non-hydrogen) atoms. The van der Waals surface area contributed by atoms with E-state index >= 15 is 0 Å². The normalized spacial score (nSPS) is 11.1. The number of anilines is 1. The maximum atomic E-state index is 10.4. The fraction of sp³-hybridized carbons (Fsp3) is 0.364. The molecule has 1 aromatic rings. The smallest absolute Gasteiger partial charge is 0.211 e. The highest BCUT2D eigenvalue weighted by Crippen LogP contribution is 2.36. The topological polar surface area (TPSA) is 29.1 Å². The fourth-order valence-corrected chi connectivity index (χ4v) is 2.11. The number of nitrogens with one attached hydrogen (secondary N) is 1. The number of hydrogen-bond donors (Lipinski definition) is 1. The number of thioether (sulfide) groups is 1. The summed E-state index contributed by atoms with van der Waals surface area (Å²) in [7, 11) is 0. The Morgan fingerprint density at radius 2 is 1.93 bits per heavy atom. The van der Waals surface area contributed by atoms with Gasteiger partial charge in [-0.1, -0.05) is 32.9 Å². The molecule has 1 amide bonds. The Balaban J connectivity index is 2.89. The monoisotopic (exact) mass is 209 g/mol. The van der Waals surface area contributed by atoms with E-state index in [4.69, 9.17) is 0 Å². The highest BCUT2D eigenvalue weighted by Gasteiger charge is 2.13. The number of hydrogen-bond acceptors (Lipinski definition) is 2. The molecule has 0 radical (unpaired) electrons. The first-order valence-electron chi connectivity index (χ1n) is 4.51. The van der Waals surface area contributed by atoms with Gasteiger partial charge in [0, 0.05) is 9.64 Å². The lowest BCUT2D eigenvalue weighted by Crippen LogP contribution is -2.07. The van der Waals surface area contributed by atoms with Crippen LogP contribution in [0.4, 0.5) is 5.69 Å². The van der Waals surface area contributed by atoms with Crippen LogP contribution >= 0.6 is 11.8 Å². The average Bonchev–Trinajstić information content (AvgIpc) is 2.06. The van der Waals surface area contributed by atoms with E-state index in [0.29, 0.717) is 6.41 Å². The van der Waals surface area contributed by atoms with Crippen molar-refractivity contribution >= 4 is 23.9 Å². The standard InChI is InChI=1S/C11H15NOS/c1-11(2,3)14-10-7-5-4-6-9(10)12-8-13/h4-8H,1-3H3,(H,12,13). The SMILES string of the molecule is CC(C)(C)Sc1ccccc1NC=O. The molecule has 0 atom stereocenters. The van der Waals surface area contributed by atoms with Crippen LogP contribution in [-0.2, 0) is 4.79 Å². The summed E-state index contributed by atoms with van der Waals surface area (Å²) in [5, 5.41) is 2.70. The van der Waals surface area contributed by atoms with Crippen LogP contribution in [0.1, 0.15) is 20.8 Å². The van der Waals surface area contributed by atoms with Crippen LogP contribution in [0, 0.1) is 0 Å². The van der Waals surface area contributed by atoms with Gasteiger partial charge < -0.3 is 5.32 Å². The van der Waals surface area contributed by atoms with Crippen LogP contribution in [0.3, 0.4) is 0 Å². The number of carbonyl (C=O) groups is 1. The minimum atomic E-state index is 0.153. The molecule has 1 rings (SSSR count). The summed E-state index contributed by atoms with van der Waals surface area (Å²) in [4.78, 5) is 11.5. The maximum Gasteiger partial charge on any atom is 0.211 e. The predicted octanol–water partition coefficient (Wildman–Crippen LogP) is 3.15. The van der Waals surface area contributed by atoms with Gasteiger partial charge in [-0.15, -0.1) is 11.8 Å². The third-order valence-electron chi connectivity index (χ3n) is 1.52. The Kier molecular flexibility index (Phi) is 3.58. The average molecular weight is 209 g/mol. The molecule has 0 bridgehead atoms. The van der Waals surface area contributed by atoms with Crippen LogP contribution in [0.15, 0.2) is 29.2 Å². The zero-order chi connectivity index (χ0) is 10.6. The summed E-state index contributed by atoms with van der Waals surface area (Å²) in [6.07, 6.45) is 0.710. The molecule has 0 heterocycles. The van der Waals surface area contributed by atoms with E-state index in [0.717, 1.165) is 10.6 Å². The molecule has 0 fully saturated rings. The molecule has 0 unspecified atom stereocenters. The summed E-state index contributed by atoms with van der Waals surface area (Å²) in [6.45, 7) is 6.44. The third-order valence-corrected chi connectivity index (χ3v) is 2.71. The van der Waals surface area contributed by atoms with Crippen LogP contribution in [0.5, 0.6) is 0 Å². The summed E-state index contributed by atoms with van der Waals surface area (Å²) in [6, 6.07) is 7.81. The third kappa shape index (κ3) is 3.42. The molecule has 3 heteroatoms. The van der Waals surface area contributed by atoms with Gasteiger partial charge in [-0.3, -0.25) is 4.79 Å². The summed E-state index contributed by atoms with van der Waals surface area (Å²) < 4.78 is 0.153. The Bertz CT molecular complexity index is 317. The van der Waals surface area contributed by atoms with Crippen molar-refractivity contribution in [3.63, 3.8) is 0 Å². The van der Waals surface area contributed by atoms with Gasteiger partial charge in [0.1, 0.15) is 0 Å². The van der Waals surface area contributed by atoms with E-state index in [1.807, 2.05) is 24.3 Å².